The van der Waals surface area contributed by atoms with Crippen molar-refractivity contribution in [2.75, 3.05) is 13.2 Å². The monoisotopic (exact) mass is 270 g/mol. The lowest BCUT2D eigenvalue weighted by molar-refractivity contribution is -0.0939. The molecule has 1 aromatic carbocycles. The van der Waals surface area contributed by atoms with Crippen molar-refractivity contribution in [3.05, 3.63) is 35.9 Å². The molecule has 0 unspecified atom stereocenters. The maximum Gasteiger partial charge on any atom is 0.248 e. The van der Waals surface area contributed by atoms with Gasteiger partial charge in [0, 0.05) is 19.4 Å². The van der Waals surface area contributed by atoms with Crippen molar-refractivity contribution in [2.45, 2.75) is 31.8 Å². The van der Waals surface area contributed by atoms with Gasteiger partial charge in [-0.15, -0.1) is 0 Å². The first-order valence-electron chi connectivity index (χ1n) is 6.71. The summed E-state index contributed by atoms with van der Waals surface area (Å²) < 4.78 is 32.3. The zero-order chi connectivity index (χ0) is 13.7. The van der Waals surface area contributed by atoms with Crippen LogP contribution in [-0.4, -0.2) is 24.2 Å². The molecule has 0 radical (unpaired) electrons. The van der Waals surface area contributed by atoms with E-state index in [2.05, 4.69) is 0 Å². The van der Waals surface area contributed by atoms with Crippen LogP contribution in [0.3, 0.4) is 0 Å². The fraction of sp³-hybridized carbons (Fsp3) is 0.600. The van der Waals surface area contributed by atoms with Crippen molar-refractivity contribution >= 4 is 0 Å². The third-order valence-corrected chi connectivity index (χ3v) is 3.79. The second kappa shape index (κ2) is 6.44. The molecule has 0 heterocycles. The molecule has 2 atom stereocenters. The molecule has 4 heteroatoms. The first-order valence-corrected chi connectivity index (χ1v) is 6.71. The molecule has 1 fully saturated rings. The van der Waals surface area contributed by atoms with Gasteiger partial charge in [-0.1, -0.05) is 30.3 Å². The summed E-state index contributed by atoms with van der Waals surface area (Å²) in [4.78, 5) is 0. The fourth-order valence-corrected chi connectivity index (χ4v) is 2.62. The van der Waals surface area contributed by atoms with Gasteiger partial charge in [-0.2, -0.15) is 0 Å². The number of alkyl halides is 2. The summed E-state index contributed by atoms with van der Waals surface area (Å²) >= 11 is 0. The van der Waals surface area contributed by atoms with Gasteiger partial charge in [0.2, 0.25) is 5.92 Å². The van der Waals surface area contributed by atoms with Crippen LogP contribution in [0.5, 0.6) is 0 Å². The van der Waals surface area contributed by atoms with Crippen LogP contribution in [0.2, 0.25) is 0 Å². The molecule has 0 aliphatic heterocycles. The Kier molecular flexibility index (Phi) is 4.88. The maximum absolute atomic E-state index is 13.4. The molecule has 0 saturated heterocycles. The third kappa shape index (κ3) is 4.25. The molecule has 0 aromatic heterocycles. The minimum Gasteiger partial charge on any atom is -0.396 e. The Labute approximate surface area is 112 Å². The molecule has 1 N–H and O–H groups in total. The Hall–Kier alpha value is -1.00. The van der Waals surface area contributed by atoms with Gasteiger partial charge in [-0.25, -0.2) is 8.78 Å². The summed E-state index contributed by atoms with van der Waals surface area (Å²) in [6.07, 6.45) is 0.0866. The van der Waals surface area contributed by atoms with E-state index in [-0.39, 0.29) is 37.9 Å². The number of aliphatic hydroxyl groups excluding tert-OH is 1. The maximum atomic E-state index is 13.4. The van der Waals surface area contributed by atoms with Crippen molar-refractivity contribution < 1.29 is 18.6 Å². The summed E-state index contributed by atoms with van der Waals surface area (Å²) in [6.45, 7) is 0.687. The molecule has 2 rings (SSSR count). The van der Waals surface area contributed by atoms with Crippen LogP contribution in [0.1, 0.15) is 24.8 Å². The molecule has 1 saturated carbocycles. The van der Waals surface area contributed by atoms with Crippen LogP contribution in [0.15, 0.2) is 30.3 Å². The second-order valence-corrected chi connectivity index (χ2v) is 5.30. The largest absolute Gasteiger partial charge is 0.396 e. The first-order chi connectivity index (χ1) is 9.11. The summed E-state index contributed by atoms with van der Waals surface area (Å²) in [7, 11) is 0. The number of aliphatic hydroxyl groups is 1. The van der Waals surface area contributed by atoms with E-state index in [0.29, 0.717) is 13.0 Å². The highest BCUT2D eigenvalue weighted by Gasteiger charge is 2.41. The second-order valence-electron chi connectivity index (χ2n) is 5.30. The van der Waals surface area contributed by atoms with Crippen molar-refractivity contribution in [1.29, 1.82) is 0 Å². The molecular formula is C15H20F2O2. The van der Waals surface area contributed by atoms with Crippen LogP contribution < -0.4 is 0 Å². The number of hydrogen-bond donors (Lipinski definition) is 1. The van der Waals surface area contributed by atoms with Gasteiger partial charge < -0.3 is 9.84 Å². The first kappa shape index (κ1) is 14.4. The number of hydrogen-bond acceptors (Lipinski definition) is 2. The Bertz CT molecular complexity index is 381. The van der Waals surface area contributed by atoms with Gasteiger partial charge in [-0.3, -0.25) is 0 Å². The Morgan fingerprint density at radius 2 is 1.95 bits per heavy atom. The van der Waals surface area contributed by atoms with Gasteiger partial charge in [-0.05, 0) is 23.8 Å². The van der Waals surface area contributed by atoms with Crippen molar-refractivity contribution in [3.8, 4) is 0 Å². The predicted molar refractivity (Wildman–Crippen MR) is 69.0 cm³/mol. The SMILES string of the molecule is OC[C@@H]1CCC(F)(F)C[C@H]1COCc1ccccc1. The zero-order valence-corrected chi connectivity index (χ0v) is 10.9. The fourth-order valence-electron chi connectivity index (χ4n) is 2.62. The third-order valence-electron chi connectivity index (χ3n) is 3.79. The van der Waals surface area contributed by atoms with E-state index in [1.165, 1.54) is 0 Å². The van der Waals surface area contributed by atoms with Gasteiger partial charge in [0.1, 0.15) is 0 Å². The summed E-state index contributed by atoms with van der Waals surface area (Å²) in [5, 5.41) is 9.25. The molecule has 2 nitrogen and oxygen atoms in total. The minimum atomic E-state index is -2.60. The van der Waals surface area contributed by atoms with Gasteiger partial charge in [0.25, 0.3) is 0 Å². The van der Waals surface area contributed by atoms with E-state index in [9.17, 15) is 13.9 Å². The Morgan fingerprint density at radius 1 is 1.21 bits per heavy atom. The normalized spacial score (nSPS) is 26.3. The molecule has 19 heavy (non-hydrogen) atoms. The quantitative estimate of drug-likeness (QED) is 0.890. The highest BCUT2D eigenvalue weighted by atomic mass is 19.3. The lowest BCUT2D eigenvalue weighted by atomic mass is 9.78. The zero-order valence-electron chi connectivity index (χ0n) is 10.9. The smallest absolute Gasteiger partial charge is 0.248 e. The molecule has 0 spiro atoms. The molecule has 106 valence electrons. The van der Waals surface area contributed by atoms with E-state index < -0.39 is 5.92 Å². The van der Waals surface area contributed by atoms with E-state index >= 15 is 0 Å². The number of halogens is 2. The Morgan fingerprint density at radius 3 is 2.63 bits per heavy atom. The molecule has 0 amide bonds. The van der Waals surface area contributed by atoms with Crippen LogP contribution in [0.25, 0.3) is 0 Å². The molecule has 1 aliphatic carbocycles. The predicted octanol–water partition coefficient (Wildman–Crippen LogP) is 3.25. The lowest BCUT2D eigenvalue weighted by Gasteiger charge is -2.34. The summed E-state index contributed by atoms with van der Waals surface area (Å²) in [6, 6.07) is 9.65. The number of rotatable bonds is 5. The minimum absolute atomic E-state index is 0.0323. The van der Waals surface area contributed by atoms with Crippen LogP contribution >= 0.6 is 0 Å². The van der Waals surface area contributed by atoms with Crippen molar-refractivity contribution in [2.24, 2.45) is 11.8 Å². The van der Waals surface area contributed by atoms with Crippen LogP contribution in [0, 0.1) is 11.8 Å². The molecule has 0 bridgehead atoms. The van der Waals surface area contributed by atoms with Gasteiger partial charge in [0.15, 0.2) is 0 Å². The van der Waals surface area contributed by atoms with Gasteiger partial charge in [0.05, 0.1) is 13.2 Å². The topological polar surface area (TPSA) is 29.5 Å². The molecule has 1 aliphatic rings. The van der Waals surface area contributed by atoms with Gasteiger partial charge >= 0.3 is 0 Å². The van der Waals surface area contributed by atoms with E-state index in [4.69, 9.17) is 4.74 Å². The van der Waals surface area contributed by atoms with Crippen LogP contribution in [0.4, 0.5) is 8.78 Å². The highest BCUT2D eigenvalue weighted by molar-refractivity contribution is 5.13. The number of ether oxygens (including phenoxy) is 1. The average Bonchev–Trinajstić information content (AvgIpc) is 2.39. The van der Waals surface area contributed by atoms with E-state index in [0.717, 1.165) is 5.56 Å². The highest BCUT2D eigenvalue weighted by Crippen LogP contribution is 2.40. The lowest BCUT2D eigenvalue weighted by Crippen LogP contribution is -2.36. The van der Waals surface area contributed by atoms with Crippen molar-refractivity contribution in [1.82, 2.24) is 0 Å². The Balaban J connectivity index is 1.82. The standard InChI is InChI=1S/C15H20F2O2/c16-15(17)7-6-13(9-18)14(8-15)11-19-10-12-4-2-1-3-5-12/h1-5,13-14,18H,6-11H2/t13-,14-/m0/s1. The summed E-state index contributed by atoms with van der Waals surface area (Å²) in [5.41, 5.74) is 1.03. The number of benzene rings is 1. The average molecular weight is 270 g/mol. The summed E-state index contributed by atoms with van der Waals surface area (Å²) in [5.74, 6) is -2.92. The van der Waals surface area contributed by atoms with Crippen LogP contribution in [-0.2, 0) is 11.3 Å². The molecule has 1 aromatic rings. The van der Waals surface area contributed by atoms with E-state index in [1.54, 1.807) is 0 Å². The molecular weight excluding hydrogens is 250 g/mol. The van der Waals surface area contributed by atoms with E-state index in [1.807, 2.05) is 30.3 Å². The van der Waals surface area contributed by atoms with Crippen molar-refractivity contribution in [3.63, 3.8) is 0 Å².